The van der Waals surface area contributed by atoms with Crippen LogP contribution in [0, 0.1) is 0 Å². The number of sulfone groups is 1. The van der Waals surface area contributed by atoms with Crippen LogP contribution in [0.25, 0.3) is 0 Å². The molecule has 22 heavy (non-hydrogen) atoms. The Kier molecular flexibility index (Phi) is 4.65. The Bertz CT molecular complexity index is 707. The lowest BCUT2D eigenvalue weighted by molar-refractivity contribution is 0.213. The van der Waals surface area contributed by atoms with Gasteiger partial charge in [-0.2, -0.15) is 16.4 Å². The minimum atomic E-state index is -2.95. The molecule has 2 aromatic rings. The molecule has 120 valence electrons. The van der Waals surface area contributed by atoms with E-state index in [1.54, 1.807) is 22.2 Å². The molecule has 5 nitrogen and oxygen atoms in total. The lowest BCUT2D eigenvalue weighted by Gasteiger charge is -2.35. The van der Waals surface area contributed by atoms with Crippen LogP contribution in [0.15, 0.2) is 29.2 Å². The topological polar surface area (TPSA) is 55.2 Å². The van der Waals surface area contributed by atoms with Crippen molar-refractivity contribution in [3.8, 4) is 0 Å². The molecule has 0 bridgehead atoms. The van der Waals surface area contributed by atoms with Crippen molar-refractivity contribution in [1.82, 2.24) is 14.7 Å². The van der Waals surface area contributed by atoms with Gasteiger partial charge in [-0.25, -0.2) is 8.42 Å². The van der Waals surface area contributed by atoms with Crippen molar-refractivity contribution in [2.45, 2.75) is 18.9 Å². The van der Waals surface area contributed by atoms with E-state index in [0.717, 1.165) is 24.9 Å². The maximum atomic E-state index is 12.0. The van der Waals surface area contributed by atoms with Crippen LogP contribution < -0.4 is 0 Å². The number of aryl methyl sites for hydroxylation is 2. The van der Waals surface area contributed by atoms with Gasteiger partial charge >= 0.3 is 0 Å². The largest absolute Gasteiger partial charge is 0.294 e. The maximum Gasteiger partial charge on any atom is 0.153 e. The Labute approximate surface area is 135 Å². The zero-order valence-corrected chi connectivity index (χ0v) is 14.3. The molecule has 0 spiro atoms. The Morgan fingerprint density at radius 2 is 2.32 bits per heavy atom. The summed E-state index contributed by atoms with van der Waals surface area (Å²) in [6.07, 6.45) is 5.81. The number of hydrogen-bond acceptors (Lipinski definition) is 5. The molecule has 0 amide bonds. The Morgan fingerprint density at radius 3 is 3.00 bits per heavy atom. The van der Waals surface area contributed by atoms with Crippen molar-refractivity contribution in [3.63, 3.8) is 0 Å². The van der Waals surface area contributed by atoms with Crippen LogP contribution in [0.2, 0.25) is 0 Å². The quantitative estimate of drug-likeness (QED) is 0.835. The molecule has 0 saturated carbocycles. The number of nitrogens with zero attached hydrogens (tertiary/aromatic N) is 3. The minimum absolute atomic E-state index is 0.0603. The van der Waals surface area contributed by atoms with Crippen LogP contribution in [0.3, 0.4) is 0 Å². The van der Waals surface area contributed by atoms with Crippen molar-refractivity contribution >= 4 is 21.2 Å². The van der Waals surface area contributed by atoms with E-state index in [-0.39, 0.29) is 17.5 Å². The smallest absolute Gasteiger partial charge is 0.153 e. The third-order valence-corrected chi connectivity index (χ3v) is 6.50. The summed E-state index contributed by atoms with van der Waals surface area (Å²) in [5, 5.41) is 8.47. The predicted molar refractivity (Wildman–Crippen MR) is 88.8 cm³/mol. The maximum absolute atomic E-state index is 12.0. The second kappa shape index (κ2) is 6.52. The van der Waals surface area contributed by atoms with E-state index >= 15 is 0 Å². The summed E-state index contributed by atoms with van der Waals surface area (Å²) in [5.74, 6) is 0.472. The molecule has 1 aliphatic rings. The lowest BCUT2D eigenvalue weighted by atomic mass is 10.1. The highest BCUT2D eigenvalue weighted by atomic mass is 32.2. The summed E-state index contributed by atoms with van der Waals surface area (Å²) < 4.78 is 25.7. The van der Waals surface area contributed by atoms with E-state index in [1.807, 2.05) is 13.2 Å². The number of thiophene rings is 1. The fourth-order valence-corrected chi connectivity index (χ4v) is 5.22. The molecule has 1 unspecified atom stereocenters. The molecule has 1 saturated heterocycles. The van der Waals surface area contributed by atoms with E-state index in [1.165, 1.54) is 5.56 Å². The van der Waals surface area contributed by atoms with Gasteiger partial charge in [0.15, 0.2) is 9.84 Å². The monoisotopic (exact) mass is 339 g/mol. The molecule has 3 rings (SSSR count). The Hall–Kier alpha value is -1.18. The summed E-state index contributed by atoms with van der Waals surface area (Å²) in [4.78, 5) is 2.30. The summed E-state index contributed by atoms with van der Waals surface area (Å²) in [6.45, 7) is 1.54. The molecule has 1 atom stereocenters. The molecule has 0 aromatic carbocycles. The van der Waals surface area contributed by atoms with Crippen LogP contribution in [-0.2, 0) is 23.3 Å². The molecule has 0 aliphatic carbocycles. The molecule has 2 aromatic heterocycles. The Balaban J connectivity index is 1.67. The molecule has 3 heterocycles. The van der Waals surface area contributed by atoms with Gasteiger partial charge in [-0.3, -0.25) is 9.58 Å². The van der Waals surface area contributed by atoms with Crippen molar-refractivity contribution in [2.24, 2.45) is 7.05 Å². The fraction of sp³-hybridized carbons (Fsp3) is 0.533. The fourth-order valence-electron chi connectivity index (χ4n) is 2.95. The van der Waals surface area contributed by atoms with E-state index in [9.17, 15) is 8.42 Å². The van der Waals surface area contributed by atoms with Gasteiger partial charge in [0.2, 0.25) is 0 Å². The molecule has 0 radical (unpaired) electrons. The van der Waals surface area contributed by atoms with Crippen LogP contribution in [-0.4, -0.2) is 47.7 Å². The van der Waals surface area contributed by atoms with Gasteiger partial charge in [0.05, 0.1) is 23.7 Å². The third kappa shape index (κ3) is 3.77. The first-order valence-electron chi connectivity index (χ1n) is 7.47. The van der Waals surface area contributed by atoms with E-state index in [2.05, 4.69) is 26.8 Å². The molecule has 1 fully saturated rings. The van der Waals surface area contributed by atoms with Crippen LogP contribution in [0.5, 0.6) is 0 Å². The zero-order chi connectivity index (χ0) is 15.6. The number of rotatable bonds is 5. The van der Waals surface area contributed by atoms with Crippen molar-refractivity contribution < 1.29 is 8.42 Å². The molecule has 0 N–H and O–H groups in total. The zero-order valence-electron chi connectivity index (χ0n) is 12.7. The average molecular weight is 339 g/mol. The number of hydrogen-bond donors (Lipinski definition) is 0. The van der Waals surface area contributed by atoms with Crippen LogP contribution in [0.4, 0.5) is 0 Å². The minimum Gasteiger partial charge on any atom is -0.294 e. The van der Waals surface area contributed by atoms with Gasteiger partial charge < -0.3 is 0 Å². The standard InChI is InChI=1S/C15H21N3O2S2/c1-17-10-14(9-16-17)15-12-22(19,20)8-6-18(15)5-2-3-13-4-7-21-11-13/h4,7,9-11,15H,2-3,5-6,8,12H2,1H3. The second-order valence-corrected chi connectivity index (χ2v) is 8.86. The number of aromatic nitrogens is 2. The highest BCUT2D eigenvalue weighted by molar-refractivity contribution is 7.91. The SMILES string of the molecule is Cn1cc(C2CS(=O)(=O)CCN2CCCc2ccsc2)cn1. The van der Waals surface area contributed by atoms with Gasteiger partial charge in [-0.15, -0.1) is 0 Å². The highest BCUT2D eigenvalue weighted by Crippen LogP contribution is 2.26. The van der Waals surface area contributed by atoms with Crippen molar-refractivity contribution in [1.29, 1.82) is 0 Å². The van der Waals surface area contributed by atoms with E-state index < -0.39 is 9.84 Å². The third-order valence-electron chi connectivity index (χ3n) is 4.14. The first-order chi connectivity index (χ1) is 10.5. The summed E-state index contributed by atoms with van der Waals surface area (Å²) in [5.41, 5.74) is 2.37. The molecular formula is C15H21N3O2S2. The highest BCUT2D eigenvalue weighted by Gasteiger charge is 2.32. The van der Waals surface area contributed by atoms with Gasteiger partial charge in [0.25, 0.3) is 0 Å². The molecular weight excluding hydrogens is 318 g/mol. The molecule has 1 aliphatic heterocycles. The average Bonchev–Trinajstić information content (AvgIpc) is 3.11. The van der Waals surface area contributed by atoms with Gasteiger partial charge in [0, 0.05) is 25.4 Å². The van der Waals surface area contributed by atoms with E-state index in [0.29, 0.717) is 6.54 Å². The normalized spacial score (nSPS) is 22.0. The molecule has 7 heteroatoms. The van der Waals surface area contributed by atoms with Crippen LogP contribution in [0.1, 0.15) is 23.6 Å². The summed E-state index contributed by atoms with van der Waals surface area (Å²) >= 11 is 1.72. The van der Waals surface area contributed by atoms with E-state index in [4.69, 9.17) is 0 Å². The van der Waals surface area contributed by atoms with Gasteiger partial charge in [-0.1, -0.05) is 0 Å². The van der Waals surface area contributed by atoms with Crippen LogP contribution >= 0.6 is 11.3 Å². The first-order valence-corrected chi connectivity index (χ1v) is 10.2. The Morgan fingerprint density at radius 1 is 1.45 bits per heavy atom. The summed E-state index contributed by atoms with van der Waals surface area (Å²) in [7, 11) is -1.09. The first kappa shape index (κ1) is 15.7. The van der Waals surface area contributed by atoms with Crippen molar-refractivity contribution in [2.75, 3.05) is 24.6 Å². The van der Waals surface area contributed by atoms with Crippen molar-refractivity contribution in [3.05, 3.63) is 40.3 Å². The second-order valence-electron chi connectivity index (χ2n) is 5.85. The lowest BCUT2D eigenvalue weighted by Crippen LogP contribution is -2.43. The summed E-state index contributed by atoms with van der Waals surface area (Å²) in [6, 6.07) is 2.10. The van der Waals surface area contributed by atoms with Gasteiger partial charge in [-0.05, 0) is 41.8 Å². The van der Waals surface area contributed by atoms with Gasteiger partial charge in [0.1, 0.15) is 0 Å². The predicted octanol–water partition coefficient (Wildman–Crippen LogP) is 1.89.